The van der Waals surface area contributed by atoms with Crippen molar-refractivity contribution in [3.05, 3.63) is 65.2 Å². The van der Waals surface area contributed by atoms with Crippen LogP contribution < -0.4 is 10.1 Å². The summed E-state index contributed by atoms with van der Waals surface area (Å²) in [5, 5.41) is 3.50. The monoisotopic (exact) mass is 430 g/mol. The van der Waals surface area contributed by atoms with Crippen LogP contribution in [0.25, 0.3) is 0 Å². The van der Waals surface area contributed by atoms with Gasteiger partial charge in [-0.15, -0.1) is 0 Å². The van der Waals surface area contributed by atoms with E-state index >= 15 is 0 Å². The second-order valence-electron chi connectivity index (χ2n) is 7.63. The molecule has 0 fully saturated rings. The SMILES string of the molecule is CC[C@H](C(=O)NCC(C)C)N(CCc1ccccc1)C(=O)COc1cccc(Cl)c1. The molecule has 0 aliphatic heterocycles. The van der Waals surface area contributed by atoms with Crippen LogP contribution in [0.1, 0.15) is 32.8 Å². The Labute approximate surface area is 184 Å². The Morgan fingerprint density at radius 1 is 1.10 bits per heavy atom. The van der Waals surface area contributed by atoms with E-state index in [-0.39, 0.29) is 18.4 Å². The van der Waals surface area contributed by atoms with Crippen molar-refractivity contribution < 1.29 is 14.3 Å². The molecule has 2 aromatic rings. The Bertz CT molecular complexity index is 811. The zero-order valence-electron chi connectivity index (χ0n) is 17.9. The molecule has 30 heavy (non-hydrogen) atoms. The van der Waals surface area contributed by atoms with Crippen LogP contribution in [0.3, 0.4) is 0 Å². The lowest BCUT2D eigenvalue weighted by Crippen LogP contribution is -2.51. The van der Waals surface area contributed by atoms with E-state index in [0.717, 1.165) is 5.56 Å². The van der Waals surface area contributed by atoms with Gasteiger partial charge in [0, 0.05) is 18.1 Å². The third-order valence-corrected chi connectivity index (χ3v) is 4.95. The topological polar surface area (TPSA) is 58.6 Å². The number of nitrogens with zero attached hydrogens (tertiary/aromatic N) is 1. The van der Waals surface area contributed by atoms with Gasteiger partial charge < -0.3 is 15.0 Å². The lowest BCUT2D eigenvalue weighted by Gasteiger charge is -2.30. The van der Waals surface area contributed by atoms with Gasteiger partial charge in [0.05, 0.1) is 0 Å². The molecule has 0 aliphatic rings. The third-order valence-electron chi connectivity index (χ3n) is 4.71. The standard InChI is InChI=1S/C24H31ClN2O3/c1-4-22(24(29)26-16-18(2)3)27(14-13-19-9-6-5-7-10-19)23(28)17-30-21-12-8-11-20(25)15-21/h5-12,15,18,22H,4,13-14,16-17H2,1-3H3,(H,26,29)/t22-/m1/s1. The molecule has 2 amide bonds. The van der Waals surface area contributed by atoms with Crippen molar-refractivity contribution >= 4 is 23.4 Å². The summed E-state index contributed by atoms with van der Waals surface area (Å²) in [6.45, 7) is 6.87. The molecule has 0 aromatic heterocycles. The Hall–Kier alpha value is -2.53. The molecule has 5 nitrogen and oxygen atoms in total. The van der Waals surface area contributed by atoms with E-state index in [1.165, 1.54) is 0 Å². The number of carbonyl (C=O) groups is 2. The fourth-order valence-corrected chi connectivity index (χ4v) is 3.28. The van der Waals surface area contributed by atoms with E-state index in [2.05, 4.69) is 5.32 Å². The zero-order valence-corrected chi connectivity index (χ0v) is 18.7. The maximum atomic E-state index is 13.1. The minimum atomic E-state index is -0.539. The van der Waals surface area contributed by atoms with Crippen LogP contribution in [0.4, 0.5) is 0 Å². The van der Waals surface area contributed by atoms with Gasteiger partial charge in [-0.25, -0.2) is 0 Å². The third kappa shape index (κ3) is 7.71. The quantitative estimate of drug-likeness (QED) is 0.576. The van der Waals surface area contributed by atoms with Crippen molar-refractivity contribution in [1.82, 2.24) is 10.2 Å². The molecule has 0 radical (unpaired) electrons. The highest BCUT2D eigenvalue weighted by atomic mass is 35.5. The van der Waals surface area contributed by atoms with Crippen LogP contribution in [0.15, 0.2) is 54.6 Å². The lowest BCUT2D eigenvalue weighted by molar-refractivity contribution is -0.142. The molecular weight excluding hydrogens is 400 g/mol. The van der Waals surface area contributed by atoms with E-state index in [1.54, 1.807) is 29.2 Å². The highest BCUT2D eigenvalue weighted by Gasteiger charge is 2.28. The van der Waals surface area contributed by atoms with Crippen molar-refractivity contribution in [3.8, 4) is 5.75 Å². The summed E-state index contributed by atoms with van der Waals surface area (Å²) in [7, 11) is 0. The maximum Gasteiger partial charge on any atom is 0.261 e. The molecule has 2 rings (SSSR count). The Morgan fingerprint density at radius 3 is 2.47 bits per heavy atom. The maximum absolute atomic E-state index is 13.1. The van der Waals surface area contributed by atoms with Gasteiger partial charge >= 0.3 is 0 Å². The minimum Gasteiger partial charge on any atom is -0.484 e. The van der Waals surface area contributed by atoms with E-state index < -0.39 is 6.04 Å². The van der Waals surface area contributed by atoms with Crippen LogP contribution in [0.5, 0.6) is 5.75 Å². The first-order chi connectivity index (χ1) is 14.4. The Kier molecular flexibility index (Phi) is 9.68. The summed E-state index contributed by atoms with van der Waals surface area (Å²) in [6.07, 6.45) is 1.19. The number of nitrogens with one attached hydrogen (secondary N) is 1. The fraction of sp³-hybridized carbons (Fsp3) is 0.417. The first-order valence-electron chi connectivity index (χ1n) is 10.4. The molecule has 6 heteroatoms. The predicted molar refractivity (Wildman–Crippen MR) is 121 cm³/mol. The van der Waals surface area contributed by atoms with Gasteiger partial charge in [-0.05, 0) is 42.5 Å². The second-order valence-corrected chi connectivity index (χ2v) is 8.07. The molecule has 2 aromatic carbocycles. The molecule has 0 bridgehead atoms. The van der Waals surface area contributed by atoms with Gasteiger partial charge in [-0.3, -0.25) is 9.59 Å². The minimum absolute atomic E-state index is 0.129. The number of hydrogen-bond donors (Lipinski definition) is 1. The average molecular weight is 431 g/mol. The molecule has 1 atom stereocenters. The van der Waals surface area contributed by atoms with Crippen LogP contribution in [-0.4, -0.2) is 42.5 Å². The van der Waals surface area contributed by atoms with Gasteiger partial charge in [0.1, 0.15) is 11.8 Å². The van der Waals surface area contributed by atoms with Crippen molar-refractivity contribution in [2.75, 3.05) is 19.7 Å². The van der Waals surface area contributed by atoms with Gasteiger partial charge in [0.15, 0.2) is 6.61 Å². The van der Waals surface area contributed by atoms with Crippen molar-refractivity contribution in [2.24, 2.45) is 5.92 Å². The Morgan fingerprint density at radius 2 is 1.83 bits per heavy atom. The highest BCUT2D eigenvalue weighted by Crippen LogP contribution is 2.17. The summed E-state index contributed by atoms with van der Waals surface area (Å²) < 4.78 is 5.65. The lowest BCUT2D eigenvalue weighted by atomic mass is 10.1. The molecule has 0 heterocycles. The smallest absolute Gasteiger partial charge is 0.261 e. The van der Waals surface area contributed by atoms with Crippen LogP contribution in [0.2, 0.25) is 5.02 Å². The first kappa shape index (κ1) is 23.7. The number of rotatable bonds is 11. The predicted octanol–water partition coefficient (Wildman–Crippen LogP) is 4.34. The summed E-state index contributed by atoms with van der Waals surface area (Å²) >= 11 is 5.99. The summed E-state index contributed by atoms with van der Waals surface area (Å²) in [6, 6.07) is 16.3. The summed E-state index contributed by atoms with van der Waals surface area (Å²) in [5.41, 5.74) is 1.11. The number of carbonyl (C=O) groups excluding carboxylic acids is 2. The van der Waals surface area contributed by atoms with Crippen LogP contribution >= 0.6 is 11.6 Å². The molecule has 162 valence electrons. The van der Waals surface area contributed by atoms with Crippen LogP contribution in [0, 0.1) is 5.92 Å². The normalized spacial score (nSPS) is 11.8. The molecule has 0 aliphatic carbocycles. The second kappa shape index (κ2) is 12.2. The molecular formula is C24H31ClN2O3. The average Bonchev–Trinajstić information content (AvgIpc) is 2.74. The summed E-state index contributed by atoms with van der Waals surface area (Å²) in [5.74, 6) is 0.509. The van der Waals surface area contributed by atoms with Crippen molar-refractivity contribution in [3.63, 3.8) is 0 Å². The fourth-order valence-electron chi connectivity index (χ4n) is 3.10. The molecule has 0 spiro atoms. The van der Waals surface area contributed by atoms with E-state index in [1.807, 2.05) is 51.1 Å². The first-order valence-corrected chi connectivity index (χ1v) is 10.8. The number of benzene rings is 2. The van der Waals surface area contributed by atoms with Crippen molar-refractivity contribution in [2.45, 2.75) is 39.7 Å². The van der Waals surface area contributed by atoms with E-state index in [0.29, 0.717) is 42.6 Å². The number of hydrogen-bond acceptors (Lipinski definition) is 3. The number of halogens is 1. The van der Waals surface area contributed by atoms with Crippen LogP contribution in [-0.2, 0) is 16.0 Å². The number of ether oxygens (including phenoxy) is 1. The van der Waals surface area contributed by atoms with Gasteiger partial charge in [-0.1, -0.05) is 68.8 Å². The molecule has 1 N–H and O–H groups in total. The largest absolute Gasteiger partial charge is 0.484 e. The molecule has 0 saturated heterocycles. The van der Waals surface area contributed by atoms with Gasteiger partial charge in [0.25, 0.3) is 5.91 Å². The van der Waals surface area contributed by atoms with E-state index in [9.17, 15) is 9.59 Å². The van der Waals surface area contributed by atoms with E-state index in [4.69, 9.17) is 16.3 Å². The number of amides is 2. The highest BCUT2D eigenvalue weighted by molar-refractivity contribution is 6.30. The summed E-state index contributed by atoms with van der Waals surface area (Å²) in [4.78, 5) is 27.5. The zero-order chi connectivity index (χ0) is 21.9. The molecule has 0 saturated carbocycles. The van der Waals surface area contributed by atoms with Gasteiger partial charge in [0.2, 0.25) is 5.91 Å². The Balaban J connectivity index is 2.11. The van der Waals surface area contributed by atoms with Gasteiger partial charge in [-0.2, -0.15) is 0 Å². The van der Waals surface area contributed by atoms with Crippen molar-refractivity contribution in [1.29, 1.82) is 0 Å². The molecule has 0 unspecified atom stereocenters.